The lowest BCUT2D eigenvalue weighted by atomic mass is 10.2. The summed E-state index contributed by atoms with van der Waals surface area (Å²) in [6, 6.07) is 11.0. The van der Waals surface area contributed by atoms with Gasteiger partial charge in [-0.3, -0.25) is 0 Å². The van der Waals surface area contributed by atoms with E-state index >= 15 is 0 Å². The first-order valence-corrected chi connectivity index (χ1v) is 7.12. The van der Waals surface area contributed by atoms with Crippen LogP contribution in [0.15, 0.2) is 40.9 Å². The molecule has 0 spiro atoms. The van der Waals surface area contributed by atoms with Crippen LogP contribution in [0.4, 0.5) is 4.39 Å². The van der Waals surface area contributed by atoms with E-state index in [2.05, 4.69) is 48.5 Å². The first kappa shape index (κ1) is 12.1. The lowest BCUT2D eigenvalue weighted by Gasteiger charge is -2.02. The van der Waals surface area contributed by atoms with Gasteiger partial charge in [0.15, 0.2) is 0 Å². The third-order valence-corrected chi connectivity index (χ3v) is 4.15. The molecular formula is C13H7BrFIN2. The van der Waals surface area contributed by atoms with Crippen LogP contribution in [0.25, 0.3) is 22.4 Å². The largest absolute Gasteiger partial charge is 0.338 e. The van der Waals surface area contributed by atoms with Gasteiger partial charge in [-0.25, -0.2) is 9.37 Å². The number of rotatable bonds is 1. The minimum absolute atomic E-state index is 0.286. The molecule has 2 aromatic carbocycles. The predicted molar refractivity (Wildman–Crippen MR) is 81.9 cm³/mol. The van der Waals surface area contributed by atoms with Gasteiger partial charge in [0.2, 0.25) is 0 Å². The smallest absolute Gasteiger partial charge is 0.139 e. The molecule has 0 radical (unpaired) electrons. The Kier molecular flexibility index (Phi) is 3.11. The summed E-state index contributed by atoms with van der Waals surface area (Å²) in [6.45, 7) is 0. The van der Waals surface area contributed by atoms with Gasteiger partial charge in [-0.1, -0.05) is 12.1 Å². The van der Waals surface area contributed by atoms with Crippen molar-refractivity contribution in [2.24, 2.45) is 0 Å². The average Bonchev–Trinajstić information content (AvgIpc) is 2.77. The van der Waals surface area contributed by atoms with Crippen LogP contribution in [0.5, 0.6) is 0 Å². The van der Waals surface area contributed by atoms with Crippen LogP contribution in [0, 0.1) is 9.39 Å². The highest BCUT2D eigenvalue weighted by atomic mass is 127. The third kappa shape index (κ3) is 2.05. The van der Waals surface area contributed by atoms with E-state index in [1.54, 1.807) is 6.07 Å². The van der Waals surface area contributed by atoms with Gasteiger partial charge >= 0.3 is 0 Å². The summed E-state index contributed by atoms with van der Waals surface area (Å²) in [5, 5.41) is 0. The van der Waals surface area contributed by atoms with Gasteiger partial charge in [-0.15, -0.1) is 0 Å². The second kappa shape index (κ2) is 4.62. The quantitative estimate of drug-likeness (QED) is 0.450. The van der Waals surface area contributed by atoms with E-state index in [9.17, 15) is 4.39 Å². The van der Waals surface area contributed by atoms with Crippen molar-refractivity contribution in [3.8, 4) is 11.4 Å². The van der Waals surface area contributed by atoms with E-state index in [4.69, 9.17) is 0 Å². The first-order valence-electron chi connectivity index (χ1n) is 5.25. The zero-order chi connectivity index (χ0) is 12.7. The standard InChI is InChI=1S/C13H7BrFIN2/c14-8-6-10(16)7(5-9(8)15)13-17-11-3-1-2-4-12(11)18-13/h1-6H,(H,17,18). The van der Waals surface area contributed by atoms with E-state index in [-0.39, 0.29) is 5.82 Å². The molecule has 1 heterocycles. The molecule has 0 aliphatic heterocycles. The summed E-state index contributed by atoms with van der Waals surface area (Å²) in [5.74, 6) is 0.401. The topological polar surface area (TPSA) is 28.7 Å². The van der Waals surface area contributed by atoms with Crippen molar-refractivity contribution in [2.75, 3.05) is 0 Å². The molecule has 0 aliphatic rings. The first-order chi connectivity index (χ1) is 8.65. The molecule has 0 saturated carbocycles. The Morgan fingerprint density at radius 3 is 2.78 bits per heavy atom. The maximum absolute atomic E-state index is 13.6. The summed E-state index contributed by atoms with van der Waals surface area (Å²) in [6.07, 6.45) is 0. The molecular weight excluding hydrogens is 410 g/mol. The molecule has 0 bridgehead atoms. The number of H-pyrrole nitrogens is 1. The molecule has 0 unspecified atom stereocenters. The number of para-hydroxylation sites is 2. The highest BCUT2D eigenvalue weighted by Crippen LogP contribution is 2.29. The monoisotopic (exact) mass is 416 g/mol. The Balaban J connectivity index is 2.22. The highest BCUT2D eigenvalue weighted by Gasteiger charge is 2.11. The summed E-state index contributed by atoms with van der Waals surface area (Å²) >= 11 is 5.35. The van der Waals surface area contributed by atoms with Crippen LogP contribution in [-0.2, 0) is 0 Å². The van der Waals surface area contributed by atoms with Crippen LogP contribution in [-0.4, -0.2) is 9.97 Å². The predicted octanol–water partition coefficient (Wildman–Crippen LogP) is 4.74. The Morgan fingerprint density at radius 1 is 1.22 bits per heavy atom. The Morgan fingerprint density at radius 2 is 2.00 bits per heavy atom. The lowest BCUT2D eigenvalue weighted by Crippen LogP contribution is -1.88. The maximum Gasteiger partial charge on any atom is 0.139 e. The zero-order valence-corrected chi connectivity index (χ0v) is 12.8. The normalized spacial score (nSPS) is 11.1. The molecule has 3 aromatic rings. The van der Waals surface area contributed by atoms with E-state index in [0.29, 0.717) is 10.3 Å². The second-order valence-electron chi connectivity index (χ2n) is 3.85. The van der Waals surface area contributed by atoms with Crippen LogP contribution in [0.3, 0.4) is 0 Å². The second-order valence-corrected chi connectivity index (χ2v) is 5.87. The third-order valence-electron chi connectivity index (χ3n) is 2.65. The van der Waals surface area contributed by atoms with Gasteiger partial charge < -0.3 is 4.98 Å². The molecule has 0 amide bonds. The number of imidazole rings is 1. The van der Waals surface area contributed by atoms with Crippen molar-refractivity contribution in [1.82, 2.24) is 9.97 Å². The van der Waals surface area contributed by atoms with Crippen LogP contribution in [0.1, 0.15) is 0 Å². The molecule has 0 atom stereocenters. The Labute approximate surface area is 125 Å². The van der Waals surface area contributed by atoms with Gasteiger partial charge in [-0.05, 0) is 62.8 Å². The van der Waals surface area contributed by atoms with E-state index in [0.717, 1.165) is 20.2 Å². The molecule has 0 saturated heterocycles. The molecule has 0 aliphatic carbocycles. The van der Waals surface area contributed by atoms with Crippen molar-refractivity contribution < 1.29 is 4.39 Å². The number of hydrogen-bond acceptors (Lipinski definition) is 1. The number of nitrogens with one attached hydrogen (secondary N) is 1. The molecule has 18 heavy (non-hydrogen) atoms. The number of halogens is 3. The van der Waals surface area contributed by atoms with Crippen molar-refractivity contribution >= 4 is 49.6 Å². The molecule has 2 nitrogen and oxygen atoms in total. The number of aromatic nitrogens is 2. The average molecular weight is 417 g/mol. The number of fused-ring (bicyclic) bond motifs is 1. The molecule has 1 N–H and O–H groups in total. The minimum atomic E-state index is -0.286. The molecule has 3 rings (SSSR count). The number of aromatic amines is 1. The van der Waals surface area contributed by atoms with Crippen LogP contribution < -0.4 is 0 Å². The fourth-order valence-electron chi connectivity index (χ4n) is 1.78. The number of benzene rings is 2. The number of nitrogens with zero attached hydrogens (tertiary/aromatic N) is 1. The fraction of sp³-hybridized carbons (Fsp3) is 0. The van der Waals surface area contributed by atoms with E-state index < -0.39 is 0 Å². The fourth-order valence-corrected chi connectivity index (χ4v) is 3.28. The summed E-state index contributed by atoms with van der Waals surface area (Å²) in [7, 11) is 0. The molecule has 1 aromatic heterocycles. The Bertz CT molecular complexity index is 706. The van der Waals surface area contributed by atoms with Crippen molar-refractivity contribution in [1.29, 1.82) is 0 Å². The van der Waals surface area contributed by atoms with Gasteiger partial charge in [0, 0.05) is 9.13 Å². The van der Waals surface area contributed by atoms with Crippen molar-refractivity contribution in [2.45, 2.75) is 0 Å². The highest BCUT2D eigenvalue weighted by molar-refractivity contribution is 14.1. The number of hydrogen-bond donors (Lipinski definition) is 1. The zero-order valence-electron chi connectivity index (χ0n) is 9.05. The van der Waals surface area contributed by atoms with Gasteiger partial charge in [0.05, 0.1) is 15.5 Å². The van der Waals surface area contributed by atoms with Crippen molar-refractivity contribution in [3.05, 3.63) is 50.3 Å². The molecule has 0 fully saturated rings. The Hall–Kier alpha value is -0.950. The SMILES string of the molecule is Fc1cc(-c2nc3ccccc3[nH]2)c(I)cc1Br. The van der Waals surface area contributed by atoms with Gasteiger partial charge in [0.1, 0.15) is 11.6 Å². The van der Waals surface area contributed by atoms with Crippen LogP contribution in [0.2, 0.25) is 0 Å². The van der Waals surface area contributed by atoms with E-state index in [1.165, 1.54) is 6.07 Å². The summed E-state index contributed by atoms with van der Waals surface area (Å²) < 4.78 is 15.0. The molecule has 5 heteroatoms. The van der Waals surface area contributed by atoms with E-state index in [1.807, 2.05) is 24.3 Å². The molecule has 90 valence electrons. The minimum Gasteiger partial charge on any atom is -0.338 e. The summed E-state index contributed by atoms with van der Waals surface area (Å²) in [5.41, 5.74) is 2.60. The van der Waals surface area contributed by atoms with Gasteiger partial charge in [0.25, 0.3) is 0 Å². The summed E-state index contributed by atoms with van der Waals surface area (Å²) in [4.78, 5) is 7.67. The van der Waals surface area contributed by atoms with Gasteiger partial charge in [-0.2, -0.15) is 0 Å². The lowest BCUT2D eigenvalue weighted by molar-refractivity contribution is 0.621. The van der Waals surface area contributed by atoms with Crippen molar-refractivity contribution in [3.63, 3.8) is 0 Å². The maximum atomic E-state index is 13.6. The van der Waals surface area contributed by atoms with Crippen LogP contribution >= 0.6 is 38.5 Å².